The molecule has 0 aliphatic carbocycles. The van der Waals surface area contributed by atoms with Gasteiger partial charge in [-0.15, -0.1) is 0 Å². The van der Waals surface area contributed by atoms with Crippen molar-refractivity contribution in [3.63, 3.8) is 0 Å². The minimum absolute atomic E-state index is 0.00717. The summed E-state index contributed by atoms with van der Waals surface area (Å²) in [7, 11) is 0. The van der Waals surface area contributed by atoms with Crippen molar-refractivity contribution in [3.8, 4) is 17.2 Å². The van der Waals surface area contributed by atoms with E-state index >= 15 is 4.39 Å². The molecule has 0 fully saturated rings. The number of esters is 3. The van der Waals surface area contributed by atoms with Crippen LogP contribution in [0.4, 0.5) is 8.78 Å². The van der Waals surface area contributed by atoms with Crippen LogP contribution in [0.3, 0.4) is 0 Å². The fourth-order valence-corrected chi connectivity index (χ4v) is 4.71. The van der Waals surface area contributed by atoms with Crippen LogP contribution >= 0.6 is 0 Å². The van der Waals surface area contributed by atoms with Crippen LogP contribution < -0.4 is 14.8 Å². The Morgan fingerprint density at radius 2 is 1.63 bits per heavy atom. The zero-order valence-corrected chi connectivity index (χ0v) is 22.0. The van der Waals surface area contributed by atoms with Crippen molar-refractivity contribution >= 4 is 23.8 Å². The van der Waals surface area contributed by atoms with Crippen LogP contribution in [-0.2, 0) is 29.4 Å². The number of hydrogen-bond donors (Lipinski definition) is 1. The maximum atomic E-state index is 15.5. The van der Waals surface area contributed by atoms with Crippen LogP contribution in [0.15, 0.2) is 48.5 Å². The largest absolute Gasteiger partial charge is 0.456 e. The Hall–Kier alpha value is -5.00. The Labute approximate surface area is 232 Å². The van der Waals surface area contributed by atoms with E-state index in [-0.39, 0.29) is 39.3 Å². The average Bonchev–Trinajstić information content (AvgIpc) is 3.20. The molecule has 2 heterocycles. The summed E-state index contributed by atoms with van der Waals surface area (Å²) >= 11 is 0. The molecule has 3 aromatic rings. The van der Waals surface area contributed by atoms with Crippen LogP contribution in [0.2, 0.25) is 0 Å². The summed E-state index contributed by atoms with van der Waals surface area (Å²) in [5, 5.41) is 2.73. The zero-order valence-electron chi connectivity index (χ0n) is 22.0. The SMILES string of the molecule is CCCNC(=O)c1ccc2c(c1)C(=O)OC21c2cc(F)ccc2Oc2cc(OC(OC(C)=O)OC(C)=O)c(F)cc21. The van der Waals surface area contributed by atoms with E-state index in [1.165, 1.54) is 24.3 Å². The van der Waals surface area contributed by atoms with Crippen LogP contribution in [-0.4, -0.2) is 36.8 Å². The first-order valence-electron chi connectivity index (χ1n) is 12.5. The van der Waals surface area contributed by atoms with Gasteiger partial charge in [0.2, 0.25) is 0 Å². The molecule has 1 atom stereocenters. The molecule has 2 aliphatic rings. The average molecular weight is 567 g/mol. The molecule has 2 aliphatic heterocycles. The van der Waals surface area contributed by atoms with Gasteiger partial charge < -0.3 is 29.0 Å². The first-order chi connectivity index (χ1) is 19.5. The lowest BCUT2D eigenvalue weighted by Crippen LogP contribution is -2.34. The van der Waals surface area contributed by atoms with Crippen molar-refractivity contribution in [2.75, 3.05) is 6.54 Å². The smallest absolute Gasteiger partial charge is 0.410 e. The van der Waals surface area contributed by atoms with Crippen molar-refractivity contribution in [3.05, 3.63) is 88.0 Å². The molecule has 10 nitrogen and oxygen atoms in total. The molecule has 5 rings (SSSR count). The molecular formula is C29H23F2NO9. The monoisotopic (exact) mass is 567 g/mol. The Morgan fingerprint density at radius 3 is 2.32 bits per heavy atom. The first kappa shape index (κ1) is 27.6. The topological polar surface area (TPSA) is 126 Å². The van der Waals surface area contributed by atoms with E-state index in [1.807, 2.05) is 6.92 Å². The van der Waals surface area contributed by atoms with Gasteiger partial charge in [0.1, 0.15) is 17.3 Å². The Kier molecular flexibility index (Phi) is 7.08. The number of amides is 1. The summed E-state index contributed by atoms with van der Waals surface area (Å²) in [6, 6.07) is 9.96. The van der Waals surface area contributed by atoms with E-state index in [4.69, 9.17) is 23.7 Å². The summed E-state index contributed by atoms with van der Waals surface area (Å²) in [5.41, 5.74) is -1.30. The molecular weight excluding hydrogens is 544 g/mol. The predicted octanol–water partition coefficient (Wildman–Crippen LogP) is 4.46. The van der Waals surface area contributed by atoms with Crippen molar-refractivity contribution in [2.45, 2.75) is 39.3 Å². The maximum absolute atomic E-state index is 15.5. The third kappa shape index (κ3) is 4.92. The van der Waals surface area contributed by atoms with Gasteiger partial charge in [-0.3, -0.25) is 14.4 Å². The van der Waals surface area contributed by atoms with E-state index in [9.17, 15) is 23.6 Å². The lowest BCUT2D eigenvalue weighted by Gasteiger charge is -2.36. The number of hydrogen-bond acceptors (Lipinski definition) is 9. The number of fused-ring (bicyclic) bond motifs is 6. The minimum Gasteiger partial charge on any atom is -0.456 e. The number of nitrogens with one attached hydrogen (secondary N) is 1. The molecule has 212 valence electrons. The summed E-state index contributed by atoms with van der Waals surface area (Å²) in [6.07, 6.45) is 0.709. The standard InChI is InChI=1S/C29H23F2NO9/c1-4-9-32-26(35)16-5-7-19-18(10-16)27(36)41-29(19)20-11-17(30)6-8-23(20)39-24-13-25(22(31)12-21(24)29)40-28(37-14(2)33)38-15(3)34/h5-8,10-13,28H,4,9H2,1-3H3,(H,32,35). The van der Waals surface area contributed by atoms with Gasteiger partial charge in [0.25, 0.3) is 5.91 Å². The molecule has 1 unspecified atom stereocenters. The van der Waals surface area contributed by atoms with E-state index in [1.54, 1.807) is 0 Å². The summed E-state index contributed by atoms with van der Waals surface area (Å²) in [4.78, 5) is 48.7. The van der Waals surface area contributed by atoms with Gasteiger partial charge in [-0.2, -0.15) is 0 Å². The molecule has 0 aromatic heterocycles. The molecule has 0 bridgehead atoms. The Morgan fingerprint density at radius 1 is 0.927 bits per heavy atom. The number of carbonyl (C=O) groups excluding carboxylic acids is 4. The highest BCUT2D eigenvalue weighted by atomic mass is 19.1. The third-order valence-corrected chi connectivity index (χ3v) is 6.36. The van der Waals surface area contributed by atoms with Crippen LogP contribution in [0, 0.1) is 11.6 Å². The second-order valence-electron chi connectivity index (χ2n) is 9.23. The van der Waals surface area contributed by atoms with Gasteiger partial charge in [-0.05, 0) is 42.8 Å². The lowest BCUT2D eigenvalue weighted by atomic mass is 9.77. The van der Waals surface area contributed by atoms with Gasteiger partial charge in [0.15, 0.2) is 17.2 Å². The molecule has 12 heteroatoms. The number of carbonyl (C=O) groups is 4. The third-order valence-electron chi connectivity index (χ3n) is 6.36. The van der Waals surface area contributed by atoms with Crippen molar-refractivity contribution in [2.24, 2.45) is 0 Å². The van der Waals surface area contributed by atoms with Crippen molar-refractivity contribution in [1.82, 2.24) is 5.32 Å². The quantitative estimate of drug-likeness (QED) is 0.325. The van der Waals surface area contributed by atoms with Gasteiger partial charge in [0, 0.05) is 37.6 Å². The highest BCUT2D eigenvalue weighted by Crippen LogP contribution is 2.57. The normalized spacial score (nSPS) is 16.2. The highest BCUT2D eigenvalue weighted by molar-refractivity contribution is 6.01. The second-order valence-corrected chi connectivity index (χ2v) is 9.23. The number of ether oxygens (including phenoxy) is 5. The van der Waals surface area contributed by atoms with Crippen LogP contribution in [0.5, 0.6) is 17.2 Å². The van der Waals surface area contributed by atoms with E-state index < -0.39 is 53.3 Å². The highest BCUT2D eigenvalue weighted by Gasteiger charge is 2.54. The fraction of sp³-hybridized carbons (Fsp3) is 0.241. The molecule has 0 radical (unpaired) electrons. The second kappa shape index (κ2) is 10.5. The number of rotatable bonds is 7. The summed E-state index contributed by atoms with van der Waals surface area (Å²) < 4.78 is 56.8. The number of benzene rings is 3. The molecule has 1 amide bonds. The van der Waals surface area contributed by atoms with Crippen molar-refractivity contribution < 1.29 is 51.6 Å². The summed E-state index contributed by atoms with van der Waals surface area (Å²) in [6.45, 7) is 2.50. The van der Waals surface area contributed by atoms with Gasteiger partial charge in [-0.1, -0.05) is 13.0 Å². The van der Waals surface area contributed by atoms with E-state index in [0.717, 1.165) is 38.1 Å². The molecule has 1 N–H and O–H groups in total. The van der Waals surface area contributed by atoms with E-state index in [0.29, 0.717) is 13.0 Å². The first-order valence-corrected chi connectivity index (χ1v) is 12.5. The minimum atomic E-state index is -1.90. The molecule has 0 saturated carbocycles. The van der Waals surface area contributed by atoms with Gasteiger partial charge >= 0.3 is 24.4 Å². The Bertz CT molecular complexity index is 1590. The molecule has 41 heavy (non-hydrogen) atoms. The number of halogens is 2. The fourth-order valence-electron chi connectivity index (χ4n) is 4.71. The van der Waals surface area contributed by atoms with Crippen LogP contribution in [0.1, 0.15) is 64.6 Å². The van der Waals surface area contributed by atoms with Gasteiger partial charge in [0.05, 0.1) is 16.7 Å². The summed E-state index contributed by atoms with van der Waals surface area (Å²) in [5.74, 6) is -5.12. The molecule has 0 saturated heterocycles. The molecule has 3 aromatic carbocycles. The lowest BCUT2D eigenvalue weighted by molar-refractivity contribution is -0.233. The van der Waals surface area contributed by atoms with Crippen molar-refractivity contribution in [1.29, 1.82) is 0 Å². The molecule has 1 spiro atoms. The zero-order chi connectivity index (χ0) is 29.5. The predicted molar refractivity (Wildman–Crippen MR) is 135 cm³/mol. The van der Waals surface area contributed by atoms with Crippen LogP contribution in [0.25, 0.3) is 0 Å². The van der Waals surface area contributed by atoms with E-state index in [2.05, 4.69) is 5.32 Å². The maximum Gasteiger partial charge on any atom is 0.410 e. The Balaban J connectivity index is 1.65. The van der Waals surface area contributed by atoms with Gasteiger partial charge in [-0.25, -0.2) is 13.6 Å².